The number of anilines is 1. The lowest BCUT2D eigenvalue weighted by Crippen LogP contribution is -2.19. The third kappa shape index (κ3) is 4.79. The molecule has 0 bridgehead atoms. The van der Waals surface area contributed by atoms with Crippen LogP contribution in [0.5, 0.6) is 5.75 Å². The van der Waals surface area contributed by atoms with E-state index in [1.165, 1.54) is 12.4 Å². The third-order valence-electron chi connectivity index (χ3n) is 7.32. The van der Waals surface area contributed by atoms with Crippen LogP contribution in [0.2, 0.25) is 10.0 Å². The van der Waals surface area contributed by atoms with E-state index < -0.39 is 6.10 Å². The lowest BCUT2D eigenvalue weighted by molar-refractivity contribution is -0.384. The third-order valence-corrected chi connectivity index (χ3v) is 7.92. The summed E-state index contributed by atoms with van der Waals surface area (Å²) in [6, 6.07) is 9.36. The van der Waals surface area contributed by atoms with Gasteiger partial charge in [-0.1, -0.05) is 23.2 Å². The molecule has 0 amide bonds. The van der Waals surface area contributed by atoms with Gasteiger partial charge >= 0.3 is 0 Å². The molecule has 2 aromatic carbocycles. The van der Waals surface area contributed by atoms with Crippen molar-refractivity contribution in [2.24, 2.45) is 0 Å². The molecule has 1 saturated heterocycles. The number of hydrogen-bond donors (Lipinski definition) is 1. The van der Waals surface area contributed by atoms with Gasteiger partial charge in [0.15, 0.2) is 6.23 Å². The topological polar surface area (TPSA) is 104 Å². The molecule has 202 valence electrons. The van der Waals surface area contributed by atoms with Crippen LogP contribution in [-0.4, -0.2) is 32.3 Å². The SMILES string of the molecule is CC1Cc2cc(-c3nn(C4CCCCO4)c4ccc(OC(C)c5c(Cl)cncc5Cl)cc34)c([N+](=O)[O-])cc2N1. The van der Waals surface area contributed by atoms with Gasteiger partial charge in [0.25, 0.3) is 5.69 Å². The van der Waals surface area contributed by atoms with Gasteiger partial charge in [-0.3, -0.25) is 15.1 Å². The fourth-order valence-electron chi connectivity index (χ4n) is 5.52. The molecule has 6 rings (SSSR count). The number of nitrogens with zero attached hydrogens (tertiary/aromatic N) is 4. The molecule has 3 unspecified atom stereocenters. The van der Waals surface area contributed by atoms with Crippen LogP contribution in [0, 0.1) is 10.1 Å². The summed E-state index contributed by atoms with van der Waals surface area (Å²) in [4.78, 5) is 15.9. The molecule has 39 heavy (non-hydrogen) atoms. The summed E-state index contributed by atoms with van der Waals surface area (Å²) in [7, 11) is 0. The highest BCUT2D eigenvalue weighted by atomic mass is 35.5. The molecule has 2 aliphatic heterocycles. The lowest BCUT2D eigenvalue weighted by Gasteiger charge is -2.23. The average molecular weight is 568 g/mol. The van der Waals surface area contributed by atoms with E-state index in [1.54, 1.807) is 6.07 Å². The highest BCUT2D eigenvalue weighted by Crippen LogP contribution is 2.42. The molecule has 1 fully saturated rings. The number of nitro groups is 1. The monoisotopic (exact) mass is 567 g/mol. The van der Waals surface area contributed by atoms with Crippen LogP contribution in [0.15, 0.2) is 42.7 Å². The Morgan fingerprint density at radius 3 is 2.72 bits per heavy atom. The van der Waals surface area contributed by atoms with Crippen LogP contribution in [0.25, 0.3) is 22.2 Å². The Hall–Kier alpha value is -3.40. The predicted octanol–water partition coefficient (Wildman–Crippen LogP) is 7.51. The molecule has 0 spiro atoms. The highest BCUT2D eigenvalue weighted by molar-refractivity contribution is 6.35. The van der Waals surface area contributed by atoms with Gasteiger partial charge in [-0.25, -0.2) is 4.68 Å². The molecule has 2 aromatic heterocycles. The molecule has 4 heterocycles. The number of aromatic nitrogens is 3. The first-order chi connectivity index (χ1) is 18.8. The maximum absolute atomic E-state index is 12.2. The summed E-state index contributed by atoms with van der Waals surface area (Å²) in [5.74, 6) is 0.559. The molecule has 2 aliphatic rings. The van der Waals surface area contributed by atoms with E-state index in [-0.39, 0.29) is 22.9 Å². The van der Waals surface area contributed by atoms with Crippen molar-refractivity contribution >= 4 is 45.5 Å². The quantitative estimate of drug-likeness (QED) is 0.190. The molecule has 0 saturated carbocycles. The number of benzene rings is 2. The first-order valence-corrected chi connectivity index (χ1v) is 13.7. The van der Waals surface area contributed by atoms with Gasteiger partial charge in [-0.05, 0) is 69.4 Å². The van der Waals surface area contributed by atoms with Crippen LogP contribution >= 0.6 is 23.2 Å². The van der Waals surface area contributed by atoms with Gasteiger partial charge < -0.3 is 14.8 Å². The second-order valence-corrected chi connectivity index (χ2v) is 10.9. The molecule has 1 N–H and O–H groups in total. The summed E-state index contributed by atoms with van der Waals surface area (Å²) in [5.41, 5.74) is 4.27. The molecular formula is C28H27Cl2N5O4. The number of fused-ring (bicyclic) bond motifs is 2. The zero-order chi connectivity index (χ0) is 27.3. The molecular weight excluding hydrogens is 541 g/mol. The molecule has 4 aromatic rings. The number of pyridine rings is 1. The van der Waals surface area contributed by atoms with Crippen LogP contribution in [0.1, 0.15) is 56.6 Å². The van der Waals surface area contributed by atoms with Crippen molar-refractivity contribution in [1.29, 1.82) is 0 Å². The number of hydrogen-bond acceptors (Lipinski definition) is 7. The van der Waals surface area contributed by atoms with Crippen molar-refractivity contribution in [2.45, 2.75) is 57.9 Å². The van der Waals surface area contributed by atoms with Gasteiger partial charge in [-0.2, -0.15) is 5.10 Å². The second kappa shape index (κ2) is 10.3. The normalized spacial score (nSPS) is 19.5. The number of halogens is 2. The largest absolute Gasteiger partial charge is 0.486 e. The van der Waals surface area contributed by atoms with Gasteiger partial charge in [0.2, 0.25) is 0 Å². The van der Waals surface area contributed by atoms with E-state index in [1.807, 2.05) is 35.9 Å². The summed E-state index contributed by atoms with van der Waals surface area (Å²) in [6.45, 7) is 4.56. The van der Waals surface area contributed by atoms with Crippen molar-refractivity contribution in [3.63, 3.8) is 0 Å². The first kappa shape index (κ1) is 25.9. The van der Waals surface area contributed by atoms with Crippen LogP contribution in [0.3, 0.4) is 0 Å². The zero-order valence-electron chi connectivity index (χ0n) is 21.5. The van der Waals surface area contributed by atoms with Crippen molar-refractivity contribution < 1.29 is 14.4 Å². The van der Waals surface area contributed by atoms with E-state index in [4.69, 9.17) is 37.8 Å². The first-order valence-electron chi connectivity index (χ1n) is 13.0. The van der Waals surface area contributed by atoms with Crippen molar-refractivity contribution in [2.75, 3.05) is 11.9 Å². The maximum atomic E-state index is 12.2. The van der Waals surface area contributed by atoms with E-state index in [9.17, 15) is 10.1 Å². The second-order valence-electron chi connectivity index (χ2n) is 10.1. The minimum atomic E-state index is -0.465. The average Bonchev–Trinajstić information content (AvgIpc) is 3.47. The highest BCUT2D eigenvalue weighted by Gasteiger charge is 2.29. The summed E-state index contributed by atoms with van der Waals surface area (Å²) >= 11 is 12.7. The minimum absolute atomic E-state index is 0.00139. The summed E-state index contributed by atoms with van der Waals surface area (Å²) in [6.07, 6.45) is 5.97. The van der Waals surface area contributed by atoms with Crippen molar-refractivity contribution in [3.05, 3.63) is 74.0 Å². The van der Waals surface area contributed by atoms with E-state index in [0.717, 1.165) is 47.8 Å². The van der Waals surface area contributed by atoms with Crippen molar-refractivity contribution in [1.82, 2.24) is 14.8 Å². The molecule has 9 nitrogen and oxygen atoms in total. The maximum Gasteiger partial charge on any atom is 0.280 e. The lowest BCUT2D eigenvalue weighted by atomic mass is 10.0. The smallest absolute Gasteiger partial charge is 0.280 e. The molecule has 0 radical (unpaired) electrons. The Morgan fingerprint density at radius 2 is 2.00 bits per heavy atom. The standard InChI is InChI=1S/C28H27Cl2N5O4/c1-15-9-17-10-19(25(35(36)37)12-23(17)32-15)28-20-11-18(39-16(2)27-21(29)13-31-14-22(27)30)6-7-24(20)34(33-28)26-5-3-4-8-38-26/h6-7,10-16,26,32H,3-5,8-9H2,1-2H3. The van der Waals surface area contributed by atoms with Gasteiger partial charge in [0.1, 0.15) is 17.5 Å². The molecule has 0 aliphatic carbocycles. The number of nitrogens with one attached hydrogen (secondary N) is 1. The van der Waals surface area contributed by atoms with E-state index in [0.29, 0.717) is 39.2 Å². The zero-order valence-corrected chi connectivity index (χ0v) is 23.0. The Balaban J connectivity index is 1.49. The van der Waals surface area contributed by atoms with Crippen LogP contribution < -0.4 is 10.1 Å². The number of nitro benzene ring substituents is 1. The summed E-state index contributed by atoms with van der Waals surface area (Å²) in [5, 5.41) is 22.0. The van der Waals surface area contributed by atoms with Crippen LogP contribution in [-0.2, 0) is 11.2 Å². The van der Waals surface area contributed by atoms with Gasteiger partial charge in [0, 0.05) is 47.7 Å². The van der Waals surface area contributed by atoms with Crippen LogP contribution in [0.4, 0.5) is 11.4 Å². The van der Waals surface area contributed by atoms with Gasteiger partial charge in [-0.15, -0.1) is 0 Å². The van der Waals surface area contributed by atoms with Gasteiger partial charge in [0.05, 0.1) is 26.0 Å². The minimum Gasteiger partial charge on any atom is -0.486 e. The molecule has 3 atom stereocenters. The predicted molar refractivity (Wildman–Crippen MR) is 151 cm³/mol. The Kier molecular flexibility index (Phi) is 6.82. The fourth-order valence-corrected chi connectivity index (χ4v) is 6.20. The van der Waals surface area contributed by atoms with E-state index >= 15 is 0 Å². The fraction of sp³-hybridized carbons (Fsp3) is 0.357. The van der Waals surface area contributed by atoms with E-state index in [2.05, 4.69) is 17.2 Å². The Bertz CT molecular complexity index is 1560. The molecule has 11 heteroatoms. The number of rotatable bonds is 6. The number of ether oxygens (including phenoxy) is 2. The Labute approximate surface area is 235 Å². The summed E-state index contributed by atoms with van der Waals surface area (Å²) < 4.78 is 14.2. The Morgan fingerprint density at radius 1 is 1.21 bits per heavy atom. The van der Waals surface area contributed by atoms with Crippen molar-refractivity contribution in [3.8, 4) is 17.0 Å².